The van der Waals surface area contributed by atoms with Gasteiger partial charge in [-0.1, -0.05) is 25.7 Å². The van der Waals surface area contributed by atoms with E-state index >= 15 is 0 Å². The molecule has 1 N–H and O–H groups in total. The van der Waals surface area contributed by atoms with Gasteiger partial charge in [0.1, 0.15) is 10.0 Å². The zero-order valence-electron chi connectivity index (χ0n) is 11.9. The van der Waals surface area contributed by atoms with Gasteiger partial charge in [0, 0.05) is 26.5 Å². The summed E-state index contributed by atoms with van der Waals surface area (Å²) in [5, 5.41) is 14.4. The van der Waals surface area contributed by atoms with Crippen LogP contribution in [-0.4, -0.2) is 37.0 Å². The van der Waals surface area contributed by atoms with E-state index in [0.717, 1.165) is 44.9 Å². The highest BCUT2D eigenvalue weighted by molar-refractivity contribution is 7.11. The number of hydrogen-bond acceptors (Lipinski definition) is 5. The molecule has 0 amide bonds. The van der Waals surface area contributed by atoms with Crippen molar-refractivity contribution in [2.24, 2.45) is 5.92 Å². The van der Waals surface area contributed by atoms with Crippen molar-refractivity contribution in [2.75, 3.05) is 26.8 Å². The molecule has 1 aliphatic rings. The number of methoxy groups -OCH3 is 1. The number of nitrogens with one attached hydrogen (secondary N) is 1. The third kappa shape index (κ3) is 5.55. The molecule has 0 aliphatic heterocycles. The van der Waals surface area contributed by atoms with Crippen LogP contribution < -0.4 is 5.32 Å². The van der Waals surface area contributed by atoms with Crippen LogP contribution in [0.15, 0.2) is 0 Å². The number of aromatic nitrogens is 2. The van der Waals surface area contributed by atoms with Crippen molar-refractivity contribution in [3.63, 3.8) is 0 Å². The Labute approximate surface area is 120 Å². The average Bonchev–Trinajstić information content (AvgIpc) is 3.06. The van der Waals surface area contributed by atoms with Gasteiger partial charge in [0.15, 0.2) is 0 Å². The smallest absolute Gasteiger partial charge is 0.117 e. The first-order chi connectivity index (χ1) is 9.38. The number of nitrogens with zero attached hydrogens (tertiary/aromatic N) is 2. The lowest BCUT2D eigenvalue weighted by atomic mass is 10.1. The van der Waals surface area contributed by atoms with Gasteiger partial charge in [0.25, 0.3) is 0 Å². The van der Waals surface area contributed by atoms with Gasteiger partial charge < -0.3 is 10.1 Å². The molecule has 0 unspecified atom stereocenters. The van der Waals surface area contributed by atoms with Crippen molar-refractivity contribution in [2.45, 2.75) is 44.9 Å². The molecule has 1 aromatic heterocycles. The van der Waals surface area contributed by atoms with E-state index in [1.165, 1.54) is 35.7 Å². The highest BCUT2D eigenvalue weighted by Crippen LogP contribution is 2.28. The predicted molar refractivity (Wildman–Crippen MR) is 78.6 cm³/mol. The Morgan fingerprint density at radius 2 is 2.00 bits per heavy atom. The van der Waals surface area contributed by atoms with E-state index in [0.29, 0.717) is 0 Å². The quantitative estimate of drug-likeness (QED) is 0.707. The van der Waals surface area contributed by atoms with Gasteiger partial charge in [-0.3, -0.25) is 0 Å². The van der Waals surface area contributed by atoms with Crippen LogP contribution in [0.25, 0.3) is 0 Å². The van der Waals surface area contributed by atoms with Crippen molar-refractivity contribution in [1.29, 1.82) is 0 Å². The normalized spacial score (nSPS) is 16.3. The summed E-state index contributed by atoms with van der Waals surface area (Å²) in [5.74, 6) is 0.872. The molecule has 1 heterocycles. The first-order valence-electron chi connectivity index (χ1n) is 7.39. The minimum Gasteiger partial charge on any atom is -0.383 e. The van der Waals surface area contributed by atoms with Gasteiger partial charge >= 0.3 is 0 Å². The third-order valence-corrected chi connectivity index (χ3v) is 4.68. The molecule has 108 valence electrons. The van der Waals surface area contributed by atoms with Crippen molar-refractivity contribution in [3.05, 3.63) is 10.0 Å². The van der Waals surface area contributed by atoms with Crippen LogP contribution in [-0.2, 0) is 17.6 Å². The number of ether oxygens (including phenoxy) is 1. The van der Waals surface area contributed by atoms with Gasteiger partial charge in [0.05, 0.1) is 6.61 Å². The van der Waals surface area contributed by atoms with Gasteiger partial charge in [-0.2, -0.15) is 0 Å². The first-order valence-corrected chi connectivity index (χ1v) is 8.21. The number of rotatable bonds is 9. The number of hydrogen-bond donors (Lipinski definition) is 1. The average molecular weight is 283 g/mol. The molecule has 19 heavy (non-hydrogen) atoms. The maximum Gasteiger partial charge on any atom is 0.117 e. The van der Waals surface area contributed by atoms with E-state index in [1.807, 2.05) is 11.3 Å². The minimum absolute atomic E-state index is 0.782. The topological polar surface area (TPSA) is 47.0 Å². The molecular formula is C14H25N3OS. The van der Waals surface area contributed by atoms with Crippen molar-refractivity contribution < 1.29 is 4.74 Å². The molecule has 5 heteroatoms. The summed E-state index contributed by atoms with van der Waals surface area (Å²) in [6, 6.07) is 0. The Balaban J connectivity index is 1.60. The largest absolute Gasteiger partial charge is 0.383 e. The Hall–Kier alpha value is -0.520. The molecule has 0 aromatic carbocycles. The fourth-order valence-corrected chi connectivity index (χ4v) is 3.60. The van der Waals surface area contributed by atoms with Crippen LogP contribution >= 0.6 is 11.3 Å². The number of aryl methyl sites for hydroxylation is 1. The molecule has 0 atom stereocenters. The highest BCUT2D eigenvalue weighted by atomic mass is 32.1. The summed E-state index contributed by atoms with van der Waals surface area (Å²) in [7, 11) is 1.73. The van der Waals surface area contributed by atoms with Crippen LogP contribution in [0.5, 0.6) is 0 Å². The molecule has 1 saturated carbocycles. The van der Waals surface area contributed by atoms with Crippen molar-refractivity contribution >= 4 is 11.3 Å². The third-order valence-electron chi connectivity index (χ3n) is 3.67. The first kappa shape index (κ1) is 14.9. The summed E-state index contributed by atoms with van der Waals surface area (Å²) in [5.41, 5.74) is 0. The molecule has 0 saturated heterocycles. The van der Waals surface area contributed by atoms with Crippen LogP contribution in [0.2, 0.25) is 0 Å². The standard InChI is InChI=1S/C14H25N3OS/c1-18-10-9-15-8-4-7-13-16-17-14(19-13)11-12-5-2-3-6-12/h12,15H,2-11H2,1H3. The molecule has 1 aliphatic carbocycles. The molecule has 0 spiro atoms. The fourth-order valence-electron chi connectivity index (χ4n) is 2.60. The molecule has 1 aromatic rings. The summed E-state index contributed by atoms with van der Waals surface area (Å²) < 4.78 is 4.99. The summed E-state index contributed by atoms with van der Waals surface area (Å²) in [4.78, 5) is 0. The van der Waals surface area contributed by atoms with E-state index in [-0.39, 0.29) is 0 Å². The maximum absolute atomic E-state index is 4.99. The molecule has 0 radical (unpaired) electrons. The van der Waals surface area contributed by atoms with Crippen molar-refractivity contribution in [3.8, 4) is 0 Å². The lowest BCUT2D eigenvalue weighted by molar-refractivity contribution is 0.199. The molecular weight excluding hydrogens is 258 g/mol. The van der Waals surface area contributed by atoms with Gasteiger partial charge in [-0.25, -0.2) is 0 Å². The molecule has 2 rings (SSSR count). The van der Waals surface area contributed by atoms with Crippen LogP contribution in [0.4, 0.5) is 0 Å². The van der Waals surface area contributed by atoms with E-state index in [1.54, 1.807) is 7.11 Å². The van der Waals surface area contributed by atoms with E-state index < -0.39 is 0 Å². The second-order valence-corrected chi connectivity index (χ2v) is 6.44. The SMILES string of the molecule is COCCNCCCc1nnc(CC2CCCC2)s1. The second-order valence-electron chi connectivity index (χ2n) is 5.29. The monoisotopic (exact) mass is 283 g/mol. The summed E-state index contributed by atoms with van der Waals surface area (Å²) in [6.07, 6.45) is 8.91. The predicted octanol–water partition coefficient (Wildman–Crippen LogP) is 2.44. The summed E-state index contributed by atoms with van der Waals surface area (Å²) in [6.45, 7) is 2.74. The van der Waals surface area contributed by atoms with Crippen LogP contribution in [0.3, 0.4) is 0 Å². The van der Waals surface area contributed by atoms with Crippen LogP contribution in [0.1, 0.15) is 42.1 Å². The lowest BCUT2D eigenvalue weighted by Crippen LogP contribution is -2.20. The molecule has 4 nitrogen and oxygen atoms in total. The van der Waals surface area contributed by atoms with E-state index in [9.17, 15) is 0 Å². The van der Waals surface area contributed by atoms with E-state index in [2.05, 4.69) is 15.5 Å². The Kier molecular flexibility index (Phi) is 6.74. The Morgan fingerprint density at radius 3 is 2.79 bits per heavy atom. The zero-order chi connectivity index (χ0) is 13.3. The molecule has 1 fully saturated rings. The Morgan fingerprint density at radius 1 is 1.21 bits per heavy atom. The van der Waals surface area contributed by atoms with Gasteiger partial charge in [-0.15, -0.1) is 21.5 Å². The fraction of sp³-hybridized carbons (Fsp3) is 0.857. The summed E-state index contributed by atoms with van der Waals surface area (Å²) >= 11 is 1.81. The lowest BCUT2D eigenvalue weighted by Gasteiger charge is -2.03. The van der Waals surface area contributed by atoms with Gasteiger partial charge in [0.2, 0.25) is 0 Å². The van der Waals surface area contributed by atoms with Crippen LogP contribution in [0, 0.1) is 5.92 Å². The maximum atomic E-state index is 4.99. The van der Waals surface area contributed by atoms with Crippen molar-refractivity contribution in [1.82, 2.24) is 15.5 Å². The second kappa shape index (κ2) is 8.61. The van der Waals surface area contributed by atoms with Gasteiger partial charge in [-0.05, 0) is 18.9 Å². The zero-order valence-corrected chi connectivity index (χ0v) is 12.7. The minimum atomic E-state index is 0.782. The Bertz CT molecular complexity index is 350. The highest BCUT2D eigenvalue weighted by Gasteiger charge is 2.17. The van der Waals surface area contributed by atoms with E-state index in [4.69, 9.17) is 4.74 Å². The molecule has 0 bridgehead atoms.